The molecule has 0 fully saturated rings. The average Bonchev–Trinajstić information content (AvgIpc) is 2.86. The van der Waals surface area contributed by atoms with Crippen LogP contribution < -0.4 is 5.73 Å². The van der Waals surface area contributed by atoms with Crippen LogP contribution in [0.25, 0.3) is 0 Å². The van der Waals surface area contributed by atoms with Crippen molar-refractivity contribution in [2.24, 2.45) is 5.73 Å². The van der Waals surface area contributed by atoms with E-state index in [0.717, 1.165) is 18.5 Å². The van der Waals surface area contributed by atoms with Gasteiger partial charge in [-0.05, 0) is 28.8 Å². The third-order valence-corrected chi connectivity index (χ3v) is 2.86. The molecular formula is C10H13N3S. The van der Waals surface area contributed by atoms with E-state index in [0.29, 0.717) is 6.54 Å². The minimum absolute atomic E-state index is 0.568. The van der Waals surface area contributed by atoms with Gasteiger partial charge in [-0.3, -0.25) is 4.68 Å². The highest BCUT2D eigenvalue weighted by Crippen LogP contribution is 2.07. The number of hydrogen-bond donors (Lipinski definition) is 1. The Morgan fingerprint density at radius 3 is 3.00 bits per heavy atom. The standard InChI is InChI=1S/C10H13N3S/c11-5-10-6-12-13(7-10)3-1-9-2-4-14-8-9/h2,4,6-8H,1,3,5,11H2. The summed E-state index contributed by atoms with van der Waals surface area (Å²) in [7, 11) is 0. The predicted octanol–water partition coefficient (Wildman–Crippen LogP) is 1.65. The number of thiophene rings is 1. The third-order valence-electron chi connectivity index (χ3n) is 2.13. The number of aromatic nitrogens is 2. The first-order valence-corrected chi connectivity index (χ1v) is 5.55. The molecule has 0 saturated heterocycles. The molecule has 0 radical (unpaired) electrons. The molecule has 0 aliphatic carbocycles. The zero-order chi connectivity index (χ0) is 9.80. The second-order valence-electron chi connectivity index (χ2n) is 3.20. The van der Waals surface area contributed by atoms with Gasteiger partial charge in [-0.25, -0.2) is 0 Å². The van der Waals surface area contributed by atoms with Crippen molar-refractivity contribution in [1.29, 1.82) is 0 Å². The summed E-state index contributed by atoms with van der Waals surface area (Å²) in [5.74, 6) is 0. The van der Waals surface area contributed by atoms with Crippen LogP contribution in [-0.2, 0) is 19.5 Å². The van der Waals surface area contributed by atoms with Crippen molar-refractivity contribution in [1.82, 2.24) is 9.78 Å². The Bertz CT molecular complexity index is 378. The SMILES string of the molecule is NCc1cnn(CCc2ccsc2)c1. The highest BCUT2D eigenvalue weighted by Gasteiger charge is 1.97. The molecule has 14 heavy (non-hydrogen) atoms. The van der Waals surface area contributed by atoms with E-state index in [1.165, 1.54) is 5.56 Å². The molecule has 0 saturated carbocycles. The number of rotatable bonds is 4. The third kappa shape index (κ3) is 2.21. The fraction of sp³-hybridized carbons (Fsp3) is 0.300. The number of nitrogens with two attached hydrogens (primary N) is 1. The average molecular weight is 207 g/mol. The van der Waals surface area contributed by atoms with E-state index in [1.807, 2.05) is 17.1 Å². The largest absolute Gasteiger partial charge is 0.326 e. The topological polar surface area (TPSA) is 43.8 Å². The first-order chi connectivity index (χ1) is 6.88. The molecule has 2 aromatic heterocycles. The van der Waals surface area contributed by atoms with Crippen LogP contribution >= 0.6 is 11.3 Å². The normalized spacial score (nSPS) is 10.6. The molecule has 0 aliphatic rings. The second kappa shape index (κ2) is 4.39. The Balaban J connectivity index is 1.92. The van der Waals surface area contributed by atoms with Crippen LogP contribution in [0, 0.1) is 0 Å². The lowest BCUT2D eigenvalue weighted by molar-refractivity contribution is 0.615. The first-order valence-electron chi connectivity index (χ1n) is 4.61. The quantitative estimate of drug-likeness (QED) is 0.828. The van der Waals surface area contributed by atoms with E-state index >= 15 is 0 Å². The lowest BCUT2D eigenvalue weighted by Gasteiger charge is -1.98. The van der Waals surface area contributed by atoms with Gasteiger partial charge in [0.1, 0.15) is 0 Å². The van der Waals surface area contributed by atoms with Crippen molar-refractivity contribution in [3.8, 4) is 0 Å². The maximum Gasteiger partial charge on any atom is 0.0534 e. The zero-order valence-electron chi connectivity index (χ0n) is 7.89. The van der Waals surface area contributed by atoms with Crippen LogP contribution in [0.2, 0.25) is 0 Å². The van der Waals surface area contributed by atoms with Gasteiger partial charge in [0.25, 0.3) is 0 Å². The lowest BCUT2D eigenvalue weighted by atomic mass is 10.2. The van der Waals surface area contributed by atoms with Crippen LogP contribution in [-0.4, -0.2) is 9.78 Å². The summed E-state index contributed by atoms with van der Waals surface area (Å²) >= 11 is 1.73. The minimum Gasteiger partial charge on any atom is -0.326 e. The fourth-order valence-electron chi connectivity index (χ4n) is 1.31. The van der Waals surface area contributed by atoms with Crippen LogP contribution in [0.15, 0.2) is 29.2 Å². The van der Waals surface area contributed by atoms with Crippen molar-refractivity contribution in [2.75, 3.05) is 0 Å². The zero-order valence-corrected chi connectivity index (χ0v) is 8.70. The smallest absolute Gasteiger partial charge is 0.0534 e. The summed E-state index contributed by atoms with van der Waals surface area (Å²) in [5, 5.41) is 8.50. The van der Waals surface area contributed by atoms with Gasteiger partial charge in [-0.2, -0.15) is 16.4 Å². The van der Waals surface area contributed by atoms with E-state index in [4.69, 9.17) is 5.73 Å². The van der Waals surface area contributed by atoms with Crippen molar-refractivity contribution in [3.63, 3.8) is 0 Å². The van der Waals surface area contributed by atoms with Gasteiger partial charge in [-0.1, -0.05) is 0 Å². The molecule has 0 unspecified atom stereocenters. The summed E-state index contributed by atoms with van der Waals surface area (Å²) in [6, 6.07) is 2.15. The minimum atomic E-state index is 0.568. The Morgan fingerprint density at radius 1 is 1.43 bits per heavy atom. The van der Waals surface area contributed by atoms with Gasteiger partial charge in [0, 0.05) is 24.8 Å². The predicted molar refractivity (Wildman–Crippen MR) is 58.1 cm³/mol. The van der Waals surface area contributed by atoms with Gasteiger partial charge in [0.2, 0.25) is 0 Å². The summed E-state index contributed by atoms with van der Waals surface area (Å²) in [6.45, 7) is 1.50. The van der Waals surface area contributed by atoms with E-state index in [9.17, 15) is 0 Å². The van der Waals surface area contributed by atoms with Crippen LogP contribution in [0.4, 0.5) is 0 Å². The summed E-state index contributed by atoms with van der Waals surface area (Å²) in [4.78, 5) is 0. The van der Waals surface area contributed by atoms with Crippen LogP contribution in [0.5, 0.6) is 0 Å². The molecule has 0 spiro atoms. The molecule has 2 rings (SSSR count). The Hall–Kier alpha value is -1.13. The molecule has 2 heterocycles. The molecule has 2 aromatic rings. The molecule has 4 heteroatoms. The van der Waals surface area contributed by atoms with Crippen molar-refractivity contribution >= 4 is 11.3 Å². The van der Waals surface area contributed by atoms with Crippen molar-refractivity contribution in [2.45, 2.75) is 19.5 Å². The van der Waals surface area contributed by atoms with Gasteiger partial charge in [0.05, 0.1) is 6.20 Å². The van der Waals surface area contributed by atoms with Crippen LogP contribution in [0.3, 0.4) is 0 Å². The maximum atomic E-state index is 5.50. The Morgan fingerprint density at radius 2 is 2.36 bits per heavy atom. The van der Waals surface area contributed by atoms with Gasteiger partial charge < -0.3 is 5.73 Å². The number of hydrogen-bond acceptors (Lipinski definition) is 3. The number of nitrogens with zero attached hydrogens (tertiary/aromatic N) is 2. The molecule has 0 aliphatic heterocycles. The fourth-order valence-corrected chi connectivity index (χ4v) is 2.02. The summed E-state index contributed by atoms with van der Waals surface area (Å²) < 4.78 is 1.94. The molecule has 0 aromatic carbocycles. The van der Waals surface area contributed by atoms with E-state index < -0.39 is 0 Å². The van der Waals surface area contributed by atoms with Gasteiger partial charge in [0.15, 0.2) is 0 Å². The monoisotopic (exact) mass is 207 g/mol. The molecule has 0 bridgehead atoms. The highest BCUT2D eigenvalue weighted by molar-refractivity contribution is 7.07. The summed E-state index contributed by atoms with van der Waals surface area (Å²) in [5.41, 5.74) is 7.97. The Kier molecular flexibility index (Phi) is 2.96. The van der Waals surface area contributed by atoms with Gasteiger partial charge in [-0.15, -0.1) is 0 Å². The maximum absolute atomic E-state index is 5.50. The summed E-state index contributed by atoms with van der Waals surface area (Å²) in [6.07, 6.45) is 4.87. The number of aryl methyl sites for hydroxylation is 2. The first kappa shape index (κ1) is 9.43. The van der Waals surface area contributed by atoms with E-state index in [1.54, 1.807) is 11.3 Å². The van der Waals surface area contributed by atoms with Crippen molar-refractivity contribution in [3.05, 3.63) is 40.3 Å². The molecule has 0 atom stereocenters. The van der Waals surface area contributed by atoms with Crippen LogP contribution in [0.1, 0.15) is 11.1 Å². The molecule has 2 N–H and O–H groups in total. The lowest BCUT2D eigenvalue weighted by Crippen LogP contribution is -2.01. The molecular weight excluding hydrogens is 194 g/mol. The molecule has 74 valence electrons. The Labute approximate surface area is 87.2 Å². The van der Waals surface area contributed by atoms with Gasteiger partial charge >= 0.3 is 0 Å². The van der Waals surface area contributed by atoms with E-state index in [2.05, 4.69) is 21.9 Å². The van der Waals surface area contributed by atoms with E-state index in [-0.39, 0.29) is 0 Å². The molecule has 0 amide bonds. The second-order valence-corrected chi connectivity index (χ2v) is 3.98. The van der Waals surface area contributed by atoms with Crippen molar-refractivity contribution < 1.29 is 0 Å². The molecule has 3 nitrogen and oxygen atoms in total. The highest BCUT2D eigenvalue weighted by atomic mass is 32.1.